The van der Waals surface area contributed by atoms with Crippen LogP contribution in [-0.4, -0.2) is 43.4 Å². The first-order chi connectivity index (χ1) is 13.3. The molecular formula is C18H15NNa2O7S2. The van der Waals surface area contributed by atoms with Gasteiger partial charge in [0.05, 0.1) is 12.0 Å². The summed E-state index contributed by atoms with van der Waals surface area (Å²) in [4.78, 5) is 23.0. The number of hydrogen-bond donors (Lipinski definition) is 1. The van der Waals surface area contributed by atoms with E-state index in [0.717, 1.165) is 22.3 Å². The average Bonchev–Trinajstić information content (AvgIpc) is 2.96. The van der Waals surface area contributed by atoms with Crippen molar-refractivity contribution in [2.24, 2.45) is 0 Å². The quantitative estimate of drug-likeness (QED) is 0.243. The number of hydrogen-bond acceptors (Lipinski definition) is 8. The third-order valence-electron chi connectivity index (χ3n) is 4.30. The second kappa shape index (κ2) is 11.9. The standard InChI is InChI=1S/C18H17NO7S2.2Na/c20-17(21)16(10-27-28(23,24)25)19-18(22)26-9-15-13-7-3-1-5-11(13)12-6-2-4-8-14(12)15;;/h1-8,15-16H,9-10H2,(H,19,22)(H,20,21)(H,23,24,25);;/q;2*+1/p-2/t16-;;/m0../s1. The molecule has 0 radical (unpaired) electrons. The number of aliphatic carboxylic acids is 1. The minimum absolute atomic E-state index is 0. The van der Waals surface area contributed by atoms with Crippen LogP contribution in [0.25, 0.3) is 11.1 Å². The normalized spacial score (nSPS) is 13.1. The molecule has 3 rings (SSSR count). The molecule has 0 fully saturated rings. The smallest absolute Gasteiger partial charge is 0.739 e. The summed E-state index contributed by atoms with van der Waals surface area (Å²) in [5, 5.41) is 13.1. The van der Waals surface area contributed by atoms with E-state index in [1.54, 1.807) is 0 Å². The van der Waals surface area contributed by atoms with Crippen molar-refractivity contribution in [3.63, 3.8) is 0 Å². The molecule has 0 saturated carbocycles. The summed E-state index contributed by atoms with van der Waals surface area (Å²) >= 11 is 0. The van der Waals surface area contributed by atoms with Crippen LogP contribution < -0.4 is 69.5 Å². The molecule has 0 spiro atoms. The Bertz CT molecular complexity index is 972. The fourth-order valence-electron chi connectivity index (χ4n) is 3.10. The Kier molecular flexibility index (Phi) is 10.9. The minimum Gasteiger partial charge on any atom is -0.739 e. The number of rotatable bonds is 7. The first kappa shape index (κ1) is 27.5. The number of carboxylic acid groups (broad SMARTS) is 1. The molecule has 0 heterocycles. The van der Waals surface area contributed by atoms with E-state index in [1.165, 1.54) is 0 Å². The molecule has 8 nitrogen and oxygen atoms in total. The average molecular weight is 467 g/mol. The summed E-state index contributed by atoms with van der Waals surface area (Å²) in [6.07, 6.45) is -1.04. The van der Waals surface area contributed by atoms with Gasteiger partial charge in [-0.3, -0.25) is 0 Å². The van der Waals surface area contributed by atoms with Crippen LogP contribution in [0.3, 0.4) is 0 Å². The number of nitrogens with one attached hydrogen (secondary N) is 1. The van der Waals surface area contributed by atoms with Gasteiger partial charge >= 0.3 is 65.2 Å². The van der Waals surface area contributed by atoms with E-state index < -0.39 is 33.0 Å². The Hall–Kier alpha value is -0.560. The van der Waals surface area contributed by atoms with Gasteiger partial charge in [-0.15, -0.1) is 0 Å². The van der Waals surface area contributed by atoms with Crippen molar-refractivity contribution in [1.29, 1.82) is 0 Å². The largest absolute Gasteiger partial charge is 1.00 e. The molecule has 0 unspecified atom stereocenters. The zero-order valence-electron chi connectivity index (χ0n) is 16.4. The summed E-state index contributed by atoms with van der Waals surface area (Å²) in [5.41, 5.74) is 4.05. The molecular weight excluding hydrogens is 452 g/mol. The summed E-state index contributed by atoms with van der Waals surface area (Å²) in [6, 6.07) is 13.7. The van der Waals surface area contributed by atoms with E-state index in [0.29, 0.717) is 0 Å². The maximum Gasteiger partial charge on any atom is 1.00 e. The first-order valence-corrected chi connectivity index (χ1v) is 11.1. The van der Waals surface area contributed by atoms with Crippen LogP contribution >= 0.6 is 10.8 Å². The molecule has 0 bridgehead atoms. The number of ether oxygens (including phenoxy) is 1. The van der Waals surface area contributed by atoms with Crippen molar-refractivity contribution in [2.75, 3.05) is 12.4 Å². The summed E-state index contributed by atoms with van der Waals surface area (Å²) in [5.74, 6) is -2.61. The van der Waals surface area contributed by atoms with Crippen LogP contribution in [-0.2, 0) is 18.7 Å². The molecule has 2 aromatic rings. The number of amides is 1. The van der Waals surface area contributed by atoms with Gasteiger partial charge in [-0.1, -0.05) is 48.5 Å². The SMILES string of the molecule is O=C(N[C@@H](CSS(=O)(=O)[O-])C(=O)[O-])OCC1c2ccccc2-c2ccccc21.[Na+].[Na+]. The maximum absolute atomic E-state index is 12.0. The molecule has 1 aliphatic carbocycles. The molecule has 0 aromatic heterocycles. The number of benzene rings is 2. The molecule has 1 aliphatic rings. The summed E-state index contributed by atoms with van der Waals surface area (Å²) in [7, 11) is -4.83. The fourth-order valence-corrected chi connectivity index (χ4v) is 4.53. The van der Waals surface area contributed by atoms with Crippen LogP contribution in [0, 0.1) is 0 Å². The zero-order chi connectivity index (χ0) is 20.3. The molecule has 1 N–H and O–H groups in total. The Morgan fingerprint density at radius 3 is 2.00 bits per heavy atom. The van der Waals surface area contributed by atoms with E-state index in [2.05, 4.69) is 0 Å². The van der Waals surface area contributed by atoms with Gasteiger partial charge in [-0.05, 0) is 33.0 Å². The molecule has 30 heavy (non-hydrogen) atoms. The van der Waals surface area contributed by atoms with Gasteiger partial charge in [0, 0.05) is 11.7 Å². The Balaban J connectivity index is 0.00000225. The third-order valence-corrected chi connectivity index (χ3v) is 6.33. The first-order valence-electron chi connectivity index (χ1n) is 8.19. The van der Waals surface area contributed by atoms with Crippen LogP contribution in [0.4, 0.5) is 4.79 Å². The van der Waals surface area contributed by atoms with Gasteiger partial charge in [0.2, 0.25) is 0 Å². The van der Waals surface area contributed by atoms with Crippen LogP contribution in [0.5, 0.6) is 0 Å². The number of carboxylic acids is 1. The second-order valence-corrected chi connectivity index (χ2v) is 9.35. The van der Waals surface area contributed by atoms with Crippen molar-refractivity contribution in [3.8, 4) is 11.1 Å². The van der Waals surface area contributed by atoms with E-state index in [4.69, 9.17) is 4.74 Å². The molecule has 12 heteroatoms. The van der Waals surface area contributed by atoms with E-state index in [9.17, 15) is 27.7 Å². The predicted molar refractivity (Wildman–Crippen MR) is 99.2 cm³/mol. The second-order valence-electron chi connectivity index (χ2n) is 6.03. The Labute approximate surface area is 221 Å². The van der Waals surface area contributed by atoms with E-state index in [-0.39, 0.29) is 82.4 Å². The number of alkyl carbamates (subject to hydrolysis) is 1. The zero-order valence-corrected chi connectivity index (χ0v) is 22.0. The minimum atomic E-state index is -4.70. The van der Waals surface area contributed by atoms with Crippen molar-refractivity contribution < 1.29 is 91.5 Å². The van der Waals surface area contributed by atoms with Crippen molar-refractivity contribution >= 4 is 32.0 Å². The summed E-state index contributed by atoms with van der Waals surface area (Å²) < 4.78 is 37.1. The maximum atomic E-state index is 12.0. The van der Waals surface area contributed by atoms with Crippen molar-refractivity contribution in [1.82, 2.24) is 5.32 Å². The Morgan fingerprint density at radius 1 is 1.03 bits per heavy atom. The summed E-state index contributed by atoms with van der Waals surface area (Å²) in [6.45, 7) is -0.0351. The van der Waals surface area contributed by atoms with Crippen molar-refractivity contribution in [2.45, 2.75) is 12.0 Å². The van der Waals surface area contributed by atoms with E-state index >= 15 is 0 Å². The molecule has 1 atom stereocenters. The van der Waals surface area contributed by atoms with Gasteiger partial charge in [-0.25, -0.2) is 13.2 Å². The van der Waals surface area contributed by atoms with Crippen molar-refractivity contribution in [3.05, 3.63) is 59.7 Å². The van der Waals surface area contributed by atoms with Crippen LogP contribution in [0.2, 0.25) is 0 Å². The molecule has 0 saturated heterocycles. The third kappa shape index (κ3) is 6.98. The molecule has 148 valence electrons. The van der Waals surface area contributed by atoms with Crippen LogP contribution in [0.1, 0.15) is 17.0 Å². The van der Waals surface area contributed by atoms with Crippen LogP contribution in [0.15, 0.2) is 48.5 Å². The predicted octanol–water partition coefficient (Wildman–Crippen LogP) is -5.15. The van der Waals surface area contributed by atoms with Gasteiger partial charge in [0.15, 0.2) is 0 Å². The molecule has 1 amide bonds. The topological polar surface area (TPSA) is 136 Å². The number of carbonyl (C=O) groups excluding carboxylic acids is 2. The molecule has 0 aliphatic heterocycles. The van der Waals surface area contributed by atoms with Gasteiger partial charge in [0.1, 0.15) is 15.8 Å². The number of fused-ring (bicyclic) bond motifs is 3. The van der Waals surface area contributed by atoms with Gasteiger partial charge < -0.3 is 24.5 Å². The monoisotopic (exact) mass is 467 g/mol. The fraction of sp³-hybridized carbons (Fsp3) is 0.222. The van der Waals surface area contributed by atoms with E-state index in [1.807, 2.05) is 53.8 Å². The van der Waals surface area contributed by atoms with Gasteiger partial charge in [0.25, 0.3) is 0 Å². The number of carbonyl (C=O) groups is 2. The van der Waals surface area contributed by atoms with Gasteiger partial charge in [-0.2, -0.15) is 0 Å². The Morgan fingerprint density at radius 2 is 1.53 bits per heavy atom. The molecule has 2 aromatic carbocycles.